The normalized spacial score (nSPS) is 20.4. The van der Waals surface area contributed by atoms with E-state index in [9.17, 15) is 0 Å². The third-order valence-electron chi connectivity index (χ3n) is 6.58. The summed E-state index contributed by atoms with van der Waals surface area (Å²) in [5.74, 6) is 1.92. The van der Waals surface area contributed by atoms with Gasteiger partial charge in [0.1, 0.15) is 0 Å². The zero-order chi connectivity index (χ0) is 19.7. The zero-order valence-corrected chi connectivity index (χ0v) is 17.7. The molecule has 1 heterocycles. The van der Waals surface area contributed by atoms with Crippen molar-refractivity contribution < 1.29 is 0 Å². The highest BCUT2D eigenvalue weighted by molar-refractivity contribution is 5.78. The first-order valence-corrected chi connectivity index (χ1v) is 10.7. The maximum Gasteiger partial charge on any atom is 0.206 e. The van der Waals surface area contributed by atoms with Crippen molar-refractivity contribution in [3.63, 3.8) is 0 Å². The summed E-state index contributed by atoms with van der Waals surface area (Å²) < 4.78 is 2.27. The lowest BCUT2D eigenvalue weighted by molar-refractivity contribution is 0.166. The summed E-state index contributed by atoms with van der Waals surface area (Å²) in [5.41, 5.74) is 4.06. The number of benzene rings is 2. The molecule has 3 heteroatoms. The molecule has 1 saturated carbocycles. The van der Waals surface area contributed by atoms with Crippen molar-refractivity contribution in [2.75, 3.05) is 4.90 Å². The average Bonchev–Trinajstić information content (AvgIpc) is 3.03. The number of aryl methyl sites for hydroxylation is 1. The fourth-order valence-electron chi connectivity index (χ4n) is 4.79. The predicted molar refractivity (Wildman–Crippen MR) is 119 cm³/mol. The van der Waals surface area contributed by atoms with Gasteiger partial charge in [0.05, 0.1) is 11.0 Å². The van der Waals surface area contributed by atoms with Gasteiger partial charge in [-0.05, 0) is 54.7 Å². The number of rotatable bonds is 4. The van der Waals surface area contributed by atoms with Crippen molar-refractivity contribution in [2.24, 2.45) is 18.4 Å². The Morgan fingerprint density at radius 1 is 0.929 bits per heavy atom. The van der Waals surface area contributed by atoms with E-state index in [0.717, 1.165) is 23.9 Å². The molecule has 1 aliphatic rings. The van der Waals surface area contributed by atoms with E-state index in [0.29, 0.717) is 11.5 Å². The Labute approximate surface area is 169 Å². The Balaban J connectivity index is 1.65. The molecule has 0 aliphatic heterocycles. The van der Waals surface area contributed by atoms with Crippen LogP contribution in [0.25, 0.3) is 11.0 Å². The molecule has 1 aromatic heterocycles. The molecule has 3 aromatic rings. The van der Waals surface area contributed by atoms with Gasteiger partial charge in [-0.25, -0.2) is 4.98 Å². The quantitative estimate of drug-likeness (QED) is 0.542. The van der Waals surface area contributed by atoms with Gasteiger partial charge in [-0.1, -0.05) is 63.2 Å². The Kier molecular flexibility index (Phi) is 5.18. The Morgan fingerprint density at radius 2 is 1.57 bits per heavy atom. The molecule has 0 unspecified atom stereocenters. The first-order valence-electron chi connectivity index (χ1n) is 10.7. The number of nitrogens with zero attached hydrogens (tertiary/aromatic N) is 3. The van der Waals surface area contributed by atoms with Gasteiger partial charge >= 0.3 is 0 Å². The number of para-hydroxylation sites is 2. The van der Waals surface area contributed by atoms with Crippen molar-refractivity contribution in [3.8, 4) is 0 Å². The smallest absolute Gasteiger partial charge is 0.206 e. The molecule has 2 aromatic carbocycles. The largest absolute Gasteiger partial charge is 0.335 e. The van der Waals surface area contributed by atoms with Crippen LogP contribution in [-0.2, 0) is 13.6 Å². The number of anilines is 1. The number of hydrogen-bond acceptors (Lipinski definition) is 2. The second kappa shape index (κ2) is 7.62. The third-order valence-corrected chi connectivity index (χ3v) is 6.58. The van der Waals surface area contributed by atoms with Crippen LogP contribution < -0.4 is 4.90 Å². The van der Waals surface area contributed by atoms with Gasteiger partial charge in [-0.3, -0.25) is 0 Å². The van der Waals surface area contributed by atoms with Gasteiger partial charge in [-0.15, -0.1) is 0 Å². The Hall–Kier alpha value is -2.29. The first-order chi connectivity index (χ1) is 13.4. The van der Waals surface area contributed by atoms with Crippen LogP contribution in [0, 0.1) is 11.3 Å². The van der Waals surface area contributed by atoms with Crippen molar-refractivity contribution >= 4 is 17.0 Å². The van der Waals surface area contributed by atoms with E-state index >= 15 is 0 Å². The van der Waals surface area contributed by atoms with Gasteiger partial charge in [-0.2, -0.15) is 0 Å². The van der Waals surface area contributed by atoms with Gasteiger partial charge < -0.3 is 9.47 Å². The highest BCUT2D eigenvalue weighted by Crippen LogP contribution is 2.40. The summed E-state index contributed by atoms with van der Waals surface area (Å²) in [4.78, 5) is 7.60. The maximum absolute atomic E-state index is 5.04. The molecule has 0 atom stereocenters. The van der Waals surface area contributed by atoms with Crippen LogP contribution in [0.2, 0.25) is 0 Å². The van der Waals surface area contributed by atoms with E-state index in [2.05, 4.69) is 91.9 Å². The fourth-order valence-corrected chi connectivity index (χ4v) is 4.79. The molecule has 1 fully saturated rings. The molecular weight excluding hydrogens is 342 g/mol. The van der Waals surface area contributed by atoms with Crippen LogP contribution in [-0.4, -0.2) is 15.6 Å². The highest BCUT2D eigenvalue weighted by atomic mass is 15.3. The standard InChI is InChI=1S/C25H33N3/c1-25(2,3)20-14-16-21(17-15-20)28(18-19-10-6-5-7-11-19)24-26-22-12-8-9-13-23(22)27(24)4/h5-13,20-21H,14-18H2,1-4H3. The number of imidazole rings is 1. The van der Waals surface area contributed by atoms with E-state index in [1.165, 1.54) is 36.8 Å². The molecule has 0 N–H and O–H groups in total. The van der Waals surface area contributed by atoms with Crippen LogP contribution in [0.5, 0.6) is 0 Å². The summed E-state index contributed by atoms with van der Waals surface area (Å²) in [5, 5.41) is 0. The molecule has 0 spiro atoms. The molecule has 0 bridgehead atoms. The van der Waals surface area contributed by atoms with Crippen molar-refractivity contribution in [1.82, 2.24) is 9.55 Å². The Morgan fingerprint density at radius 3 is 2.21 bits per heavy atom. The van der Waals surface area contributed by atoms with Gasteiger partial charge in [0.15, 0.2) is 0 Å². The minimum Gasteiger partial charge on any atom is -0.335 e. The number of fused-ring (bicyclic) bond motifs is 1. The molecule has 0 amide bonds. The van der Waals surface area contributed by atoms with E-state index in [1.54, 1.807) is 0 Å². The molecule has 28 heavy (non-hydrogen) atoms. The lowest BCUT2D eigenvalue weighted by atomic mass is 9.71. The minimum absolute atomic E-state index is 0.410. The summed E-state index contributed by atoms with van der Waals surface area (Å²) in [6.45, 7) is 8.10. The molecule has 3 nitrogen and oxygen atoms in total. The molecule has 0 saturated heterocycles. The van der Waals surface area contributed by atoms with E-state index in [4.69, 9.17) is 4.98 Å². The maximum atomic E-state index is 5.04. The molecule has 4 rings (SSSR count). The van der Waals surface area contributed by atoms with Crippen LogP contribution in [0.15, 0.2) is 54.6 Å². The summed E-state index contributed by atoms with van der Waals surface area (Å²) in [6, 6.07) is 19.9. The van der Waals surface area contributed by atoms with Gasteiger partial charge in [0, 0.05) is 19.6 Å². The second-order valence-electron chi connectivity index (χ2n) is 9.44. The monoisotopic (exact) mass is 375 g/mol. The SMILES string of the molecule is Cn1c(N(Cc2ccccc2)C2CCC(C(C)(C)C)CC2)nc2ccccc21. The van der Waals surface area contributed by atoms with Crippen molar-refractivity contribution in [1.29, 1.82) is 0 Å². The predicted octanol–water partition coefficient (Wildman–Crippen LogP) is 6.18. The van der Waals surface area contributed by atoms with Crippen molar-refractivity contribution in [3.05, 3.63) is 60.2 Å². The van der Waals surface area contributed by atoms with Crippen LogP contribution in [0.1, 0.15) is 52.0 Å². The average molecular weight is 376 g/mol. The number of hydrogen-bond donors (Lipinski definition) is 0. The Bertz CT molecular complexity index is 912. The summed E-state index contributed by atoms with van der Waals surface area (Å²) >= 11 is 0. The molecule has 1 aliphatic carbocycles. The molecular formula is C25H33N3. The fraction of sp³-hybridized carbons (Fsp3) is 0.480. The highest BCUT2D eigenvalue weighted by Gasteiger charge is 2.33. The van der Waals surface area contributed by atoms with Gasteiger partial charge in [0.25, 0.3) is 0 Å². The summed E-state index contributed by atoms with van der Waals surface area (Å²) in [7, 11) is 2.16. The zero-order valence-electron chi connectivity index (χ0n) is 17.7. The van der Waals surface area contributed by atoms with E-state index in [1.807, 2.05) is 0 Å². The van der Waals surface area contributed by atoms with Gasteiger partial charge in [0.2, 0.25) is 5.95 Å². The van der Waals surface area contributed by atoms with E-state index < -0.39 is 0 Å². The van der Waals surface area contributed by atoms with Crippen LogP contribution in [0.3, 0.4) is 0 Å². The topological polar surface area (TPSA) is 21.1 Å². The van der Waals surface area contributed by atoms with Crippen LogP contribution >= 0.6 is 0 Å². The first kappa shape index (κ1) is 19.0. The summed E-state index contributed by atoms with van der Waals surface area (Å²) in [6.07, 6.45) is 5.11. The minimum atomic E-state index is 0.410. The van der Waals surface area contributed by atoms with Crippen molar-refractivity contribution in [2.45, 2.75) is 59.0 Å². The number of aromatic nitrogens is 2. The van der Waals surface area contributed by atoms with E-state index in [-0.39, 0.29) is 0 Å². The molecule has 0 radical (unpaired) electrons. The lowest BCUT2D eigenvalue weighted by Gasteiger charge is -2.41. The third kappa shape index (κ3) is 3.80. The second-order valence-corrected chi connectivity index (χ2v) is 9.44. The van der Waals surface area contributed by atoms with Crippen LogP contribution in [0.4, 0.5) is 5.95 Å². The lowest BCUT2D eigenvalue weighted by Crippen LogP contribution is -2.41. The molecule has 148 valence electrons.